The Balaban J connectivity index is 1.60. The third kappa shape index (κ3) is 5.74. The fraction of sp³-hybridized carbons (Fsp3) is 0.348. The second kappa shape index (κ2) is 9.98. The van der Waals surface area contributed by atoms with Crippen LogP contribution in [0.1, 0.15) is 46.4 Å². The molecule has 1 fully saturated rings. The van der Waals surface area contributed by atoms with E-state index >= 15 is 0 Å². The number of anilines is 2. The van der Waals surface area contributed by atoms with Gasteiger partial charge >= 0.3 is 0 Å². The van der Waals surface area contributed by atoms with Crippen LogP contribution in [0.2, 0.25) is 0 Å². The van der Waals surface area contributed by atoms with Crippen LogP contribution < -0.4 is 10.2 Å². The SMILES string of the molecule is CN(C(=O)CCN1CCCCC1)c1cccc(C(=O)Nc2ccc(C=O)cc2)c1. The van der Waals surface area contributed by atoms with Crippen molar-refractivity contribution in [2.24, 2.45) is 0 Å². The zero-order valence-corrected chi connectivity index (χ0v) is 16.8. The number of aldehydes is 1. The zero-order chi connectivity index (χ0) is 20.6. The summed E-state index contributed by atoms with van der Waals surface area (Å²) in [6.07, 6.45) is 4.92. The molecule has 152 valence electrons. The monoisotopic (exact) mass is 393 g/mol. The Labute approximate surface area is 171 Å². The van der Waals surface area contributed by atoms with Crippen LogP contribution in [0.25, 0.3) is 0 Å². The van der Waals surface area contributed by atoms with Gasteiger partial charge < -0.3 is 15.1 Å². The Morgan fingerprint density at radius 3 is 2.48 bits per heavy atom. The minimum atomic E-state index is -0.264. The van der Waals surface area contributed by atoms with Crippen LogP contribution in [-0.2, 0) is 4.79 Å². The molecule has 6 heteroatoms. The number of rotatable bonds is 7. The van der Waals surface area contributed by atoms with Gasteiger partial charge in [0.15, 0.2) is 0 Å². The molecule has 0 saturated carbocycles. The summed E-state index contributed by atoms with van der Waals surface area (Å²) in [6.45, 7) is 2.92. The molecule has 2 amide bonds. The van der Waals surface area contributed by atoms with Crippen molar-refractivity contribution in [3.8, 4) is 0 Å². The van der Waals surface area contributed by atoms with Gasteiger partial charge in [0.05, 0.1) is 0 Å². The number of hydrogen-bond acceptors (Lipinski definition) is 4. The van der Waals surface area contributed by atoms with Crippen molar-refractivity contribution in [1.82, 2.24) is 4.90 Å². The Bertz CT molecular complexity index is 858. The molecule has 1 heterocycles. The Morgan fingerprint density at radius 2 is 1.79 bits per heavy atom. The smallest absolute Gasteiger partial charge is 0.255 e. The second-order valence-electron chi connectivity index (χ2n) is 7.35. The molecular weight excluding hydrogens is 366 g/mol. The summed E-state index contributed by atoms with van der Waals surface area (Å²) in [6, 6.07) is 13.7. The quantitative estimate of drug-likeness (QED) is 0.730. The molecular formula is C23H27N3O3. The molecule has 0 unspecified atom stereocenters. The van der Waals surface area contributed by atoms with Gasteiger partial charge in [0, 0.05) is 42.5 Å². The average Bonchev–Trinajstić information content (AvgIpc) is 2.78. The van der Waals surface area contributed by atoms with Crippen LogP contribution in [0.15, 0.2) is 48.5 Å². The third-order valence-corrected chi connectivity index (χ3v) is 5.26. The number of hydrogen-bond donors (Lipinski definition) is 1. The fourth-order valence-corrected chi connectivity index (χ4v) is 3.45. The van der Waals surface area contributed by atoms with Gasteiger partial charge in [-0.1, -0.05) is 12.5 Å². The molecule has 2 aromatic carbocycles. The van der Waals surface area contributed by atoms with Gasteiger partial charge in [0.2, 0.25) is 5.91 Å². The van der Waals surface area contributed by atoms with E-state index in [9.17, 15) is 14.4 Å². The fourth-order valence-electron chi connectivity index (χ4n) is 3.45. The van der Waals surface area contributed by atoms with E-state index in [1.54, 1.807) is 54.4 Å². The van der Waals surface area contributed by atoms with E-state index in [0.29, 0.717) is 28.9 Å². The molecule has 0 radical (unpaired) electrons. The van der Waals surface area contributed by atoms with Crippen molar-refractivity contribution >= 4 is 29.5 Å². The standard InChI is InChI=1S/C23H27N3O3/c1-25(22(28)12-15-26-13-3-2-4-14-26)21-7-5-6-19(16-21)23(29)24-20-10-8-18(17-27)9-11-20/h5-11,16-17H,2-4,12-15H2,1H3,(H,24,29). The largest absolute Gasteiger partial charge is 0.322 e. The van der Waals surface area contributed by atoms with Crippen molar-refractivity contribution in [3.05, 3.63) is 59.7 Å². The van der Waals surface area contributed by atoms with Crippen LogP contribution in [-0.4, -0.2) is 49.7 Å². The van der Waals surface area contributed by atoms with Crippen molar-refractivity contribution in [2.45, 2.75) is 25.7 Å². The molecule has 0 aliphatic carbocycles. The number of benzene rings is 2. The lowest BCUT2D eigenvalue weighted by Crippen LogP contribution is -2.35. The molecule has 0 atom stereocenters. The third-order valence-electron chi connectivity index (χ3n) is 5.26. The van der Waals surface area contributed by atoms with Crippen LogP contribution >= 0.6 is 0 Å². The predicted octanol–water partition coefficient (Wildman–Crippen LogP) is 3.59. The first-order valence-corrected chi connectivity index (χ1v) is 10.0. The van der Waals surface area contributed by atoms with E-state index in [2.05, 4.69) is 10.2 Å². The second-order valence-corrected chi connectivity index (χ2v) is 7.35. The van der Waals surface area contributed by atoms with Gasteiger partial charge in [-0.25, -0.2) is 0 Å². The lowest BCUT2D eigenvalue weighted by Gasteiger charge is -2.27. The Kier molecular flexibility index (Phi) is 7.14. The molecule has 3 rings (SSSR count). The molecule has 1 saturated heterocycles. The maximum atomic E-state index is 12.6. The summed E-state index contributed by atoms with van der Waals surface area (Å²) in [5.74, 6) is -0.225. The van der Waals surface area contributed by atoms with Gasteiger partial charge in [-0.05, 0) is 68.4 Å². The van der Waals surface area contributed by atoms with Gasteiger partial charge in [-0.3, -0.25) is 14.4 Å². The lowest BCUT2D eigenvalue weighted by atomic mass is 10.1. The van der Waals surface area contributed by atoms with Crippen molar-refractivity contribution in [3.63, 3.8) is 0 Å². The number of piperidine rings is 1. The van der Waals surface area contributed by atoms with Crippen LogP contribution in [0, 0.1) is 0 Å². The summed E-state index contributed by atoms with van der Waals surface area (Å²) < 4.78 is 0. The Hall–Kier alpha value is -2.99. The van der Waals surface area contributed by atoms with Crippen molar-refractivity contribution in [2.75, 3.05) is 36.9 Å². The number of carbonyl (C=O) groups excluding carboxylic acids is 3. The van der Waals surface area contributed by atoms with Crippen molar-refractivity contribution in [1.29, 1.82) is 0 Å². The highest BCUT2D eigenvalue weighted by molar-refractivity contribution is 6.05. The van der Waals surface area contributed by atoms with E-state index in [1.807, 2.05) is 6.07 Å². The summed E-state index contributed by atoms with van der Waals surface area (Å²) in [7, 11) is 1.74. The summed E-state index contributed by atoms with van der Waals surface area (Å²) >= 11 is 0. The maximum Gasteiger partial charge on any atom is 0.255 e. The molecule has 0 aromatic heterocycles. The molecule has 1 aliphatic rings. The van der Waals surface area contributed by atoms with Gasteiger partial charge in [-0.15, -0.1) is 0 Å². The van der Waals surface area contributed by atoms with Crippen LogP contribution in [0.3, 0.4) is 0 Å². The first kappa shape index (κ1) is 20.7. The maximum absolute atomic E-state index is 12.6. The summed E-state index contributed by atoms with van der Waals surface area (Å²) in [5.41, 5.74) is 2.32. The normalized spacial score (nSPS) is 14.2. The van der Waals surface area contributed by atoms with Gasteiger partial charge in [-0.2, -0.15) is 0 Å². The number of amides is 2. The van der Waals surface area contributed by atoms with E-state index < -0.39 is 0 Å². The minimum absolute atomic E-state index is 0.0394. The number of nitrogens with zero attached hydrogens (tertiary/aromatic N) is 2. The molecule has 29 heavy (non-hydrogen) atoms. The lowest BCUT2D eigenvalue weighted by molar-refractivity contribution is -0.118. The highest BCUT2D eigenvalue weighted by Crippen LogP contribution is 2.18. The zero-order valence-electron chi connectivity index (χ0n) is 16.8. The number of nitrogens with one attached hydrogen (secondary N) is 1. The number of likely N-dealkylation sites (tertiary alicyclic amines) is 1. The topological polar surface area (TPSA) is 69.7 Å². The van der Waals surface area contributed by atoms with Gasteiger partial charge in [0.25, 0.3) is 5.91 Å². The molecule has 1 aliphatic heterocycles. The molecule has 2 aromatic rings. The predicted molar refractivity (Wildman–Crippen MR) is 115 cm³/mol. The van der Waals surface area contributed by atoms with E-state index in [0.717, 1.165) is 25.9 Å². The van der Waals surface area contributed by atoms with E-state index in [-0.39, 0.29) is 11.8 Å². The highest BCUT2D eigenvalue weighted by Gasteiger charge is 2.16. The Morgan fingerprint density at radius 1 is 1.07 bits per heavy atom. The molecule has 6 nitrogen and oxygen atoms in total. The minimum Gasteiger partial charge on any atom is -0.322 e. The van der Waals surface area contributed by atoms with Crippen LogP contribution in [0.5, 0.6) is 0 Å². The first-order valence-electron chi connectivity index (χ1n) is 10.0. The molecule has 1 N–H and O–H groups in total. The van der Waals surface area contributed by atoms with Gasteiger partial charge in [0.1, 0.15) is 6.29 Å². The first-order chi connectivity index (χ1) is 14.1. The highest BCUT2D eigenvalue weighted by atomic mass is 16.2. The average molecular weight is 393 g/mol. The molecule has 0 bridgehead atoms. The number of carbonyl (C=O) groups is 3. The molecule has 0 spiro atoms. The van der Waals surface area contributed by atoms with Crippen LogP contribution in [0.4, 0.5) is 11.4 Å². The summed E-state index contributed by atoms with van der Waals surface area (Å²) in [5, 5.41) is 2.81. The van der Waals surface area contributed by atoms with E-state index in [1.165, 1.54) is 19.3 Å². The van der Waals surface area contributed by atoms with E-state index in [4.69, 9.17) is 0 Å². The summed E-state index contributed by atoms with van der Waals surface area (Å²) in [4.78, 5) is 39.8. The van der Waals surface area contributed by atoms with Crippen molar-refractivity contribution < 1.29 is 14.4 Å².